The monoisotopic (exact) mass is 745 g/mol. The van der Waals surface area contributed by atoms with E-state index in [9.17, 15) is 29.1 Å². The smallest absolute Gasteiger partial charge is 0.306 e. The van der Waals surface area contributed by atoms with Crippen LogP contribution in [0.2, 0.25) is 0 Å². The summed E-state index contributed by atoms with van der Waals surface area (Å²) in [5.41, 5.74) is 1.09. The molecule has 1 aromatic carbocycles. The van der Waals surface area contributed by atoms with E-state index < -0.39 is 48.0 Å². The third-order valence-electron chi connectivity index (χ3n) is 9.60. The van der Waals surface area contributed by atoms with Gasteiger partial charge in [0.15, 0.2) is 6.10 Å². The van der Waals surface area contributed by atoms with Gasteiger partial charge in [0.25, 0.3) is 5.91 Å². The third-order valence-corrected chi connectivity index (χ3v) is 11.6. The van der Waals surface area contributed by atoms with Gasteiger partial charge in [0.1, 0.15) is 16.7 Å². The summed E-state index contributed by atoms with van der Waals surface area (Å²) in [6.07, 6.45) is 0.751. The fourth-order valence-electron chi connectivity index (χ4n) is 6.19. The number of esters is 1. The molecule has 7 atom stereocenters. The number of aliphatic carboxylic acids is 1. The Morgan fingerprint density at radius 1 is 1.08 bits per heavy atom. The minimum absolute atomic E-state index is 0.0520. The van der Waals surface area contributed by atoms with Crippen molar-refractivity contribution in [2.75, 3.05) is 32.1 Å². The lowest BCUT2D eigenvalue weighted by atomic mass is 9.93. The van der Waals surface area contributed by atoms with Gasteiger partial charge in [0, 0.05) is 55.9 Å². The van der Waals surface area contributed by atoms with Gasteiger partial charge in [0.2, 0.25) is 11.8 Å². The van der Waals surface area contributed by atoms with Crippen molar-refractivity contribution in [1.82, 2.24) is 25.4 Å². The Morgan fingerprint density at radius 2 is 1.76 bits per heavy atom. The number of nitrogens with zero attached hydrogens (tertiary/aromatic N) is 3. The number of amides is 3. The van der Waals surface area contributed by atoms with Gasteiger partial charge in [-0.25, -0.2) is 4.98 Å². The number of hydrogen-bond acceptors (Lipinski definition) is 10. The van der Waals surface area contributed by atoms with Crippen LogP contribution in [-0.2, 0) is 30.3 Å². The minimum Gasteiger partial charge on any atom is -0.481 e. The summed E-state index contributed by atoms with van der Waals surface area (Å²) in [6, 6.07) is 7.63. The number of hydrogen-bond donors (Lipinski definition) is 3. The molecule has 282 valence electrons. The van der Waals surface area contributed by atoms with Crippen LogP contribution in [0.5, 0.6) is 0 Å². The number of carbonyl (C=O) groups is 5. The zero-order valence-electron chi connectivity index (χ0n) is 31.1. The minimum atomic E-state index is -0.945. The molecule has 1 saturated heterocycles. The molecule has 1 aliphatic rings. The maximum Gasteiger partial charge on any atom is 0.306 e. The largest absolute Gasteiger partial charge is 0.481 e. The summed E-state index contributed by atoms with van der Waals surface area (Å²) in [6.45, 7) is 11.6. The Morgan fingerprint density at radius 3 is 2.35 bits per heavy atom. The second-order valence-electron chi connectivity index (χ2n) is 13.9. The van der Waals surface area contributed by atoms with Crippen molar-refractivity contribution in [3.63, 3.8) is 0 Å². The first kappa shape index (κ1) is 41.9. The average molecular weight is 746 g/mol. The molecule has 1 aliphatic heterocycles. The molecule has 0 bridgehead atoms. The number of carboxylic acids is 1. The first-order valence-electron chi connectivity index (χ1n) is 17.7. The molecule has 2 aromatic rings. The molecule has 14 heteroatoms. The van der Waals surface area contributed by atoms with Crippen LogP contribution in [-0.4, -0.2) is 106 Å². The highest BCUT2D eigenvalue weighted by Crippen LogP contribution is 2.31. The number of ether oxygens (including phenoxy) is 1. The summed E-state index contributed by atoms with van der Waals surface area (Å²) in [5, 5.41) is 17.6. The lowest BCUT2D eigenvalue weighted by Gasteiger charge is -2.38. The lowest BCUT2D eigenvalue weighted by molar-refractivity contribution is -0.149. The van der Waals surface area contributed by atoms with E-state index in [1.807, 2.05) is 70.0 Å². The highest BCUT2D eigenvalue weighted by Gasteiger charge is 2.37. The number of carboxylic acid groups (broad SMARTS) is 1. The Kier molecular flexibility index (Phi) is 16.4. The van der Waals surface area contributed by atoms with Crippen molar-refractivity contribution >= 4 is 52.8 Å². The van der Waals surface area contributed by atoms with Crippen LogP contribution in [0, 0.1) is 17.8 Å². The molecule has 3 N–H and O–H groups in total. The van der Waals surface area contributed by atoms with Crippen molar-refractivity contribution in [2.45, 2.75) is 97.5 Å². The molecular formula is C37H55N5O7S2. The topological polar surface area (TPSA) is 158 Å². The van der Waals surface area contributed by atoms with E-state index >= 15 is 0 Å². The van der Waals surface area contributed by atoms with E-state index in [0.717, 1.165) is 17.9 Å². The van der Waals surface area contributed by atoms with Crippen molar-refractivity contribution in [3.05, 3.63) is 52.0 Å². The Balaban J connectivity index is 1.81. The predicted molar refractivity (Wildman–Crippen MR) is 201 cm³/mol. The van der Waals surface area contributed by atoms with E-state index in [2.05, 4.69) is 15.6 Å². The van der Waals surface area contributed by atoms with Crippen molar-refractivity contribution in [3.8, 4) is 0 Å². The summed E-state index contributed by atoms with van der Waals surface area (Å²) >= 11 is 2.91. The molecule has 0 spiro atoms. The molecule has 0 aliphatic carbocycles. The number of likely N-dealkylation sites (N-methyl/N-ethyl adjacent to an activating group) is 2. The van der Waals surface area contributed by atoms with Crippen molar-refractivity contribution < 1.29 is 33.8 Å². The highest BCUT2D eigenvalue weighted by atomic mass is 32.2. The normalized spacial score (nSPS) is 18.5. The fourth-order valence-corrected chi connectivity index (χ4v) is 8.25. The first-order valence-corrected chi connectivity index (χ1v) is 19.7. The molecule has 12 nitrogen and oxygen atoms in total. The number of carbonyl (C=O) groups excluding carboxylic acids is 4. The summed E-state index contributed by atoms with van der Waals surface area (Å²) in [7, 11) is 3.64. The molecule has 2 heterocycles. The van der Waals surface area contributed by atoms with E-state index in [1.54, 1.807) is 36.0 Å². The lowest BCUT2D eigenvalue weighted by Crippen LogP contribution is -2.58. The molecular weight excluding hydrogens is 691 g/mol. The molecule has 51 heavy (non-hydrogen) atoms. The zero-order valence-corrected chi connectivity index (χ0v) is 32.7. The van der Waals surface area contributed by atoms with Gasteiger partial charge in [-0.15, -0.1) is 11.3 Å². The number of benzene rings is 1. The average Bonchev–Trinajstić information content (AvgIpc) is 3.59. The van der Waals surface area contributed by atoms with Gasteiger partial charge in [0.05, 0.1) is 12.0 Å². The molecule has 3 amide bonds. The van der Waals surface area contributed by atoms with Crippen LogP contribution in [0.1, 0.15) is 88.0 Å². The summed E-state index contributed by atoms with van der Waals surface area (Å²) < 4.78 is 5.76. The Labute approximate surface area is 310 Å². The predicted octanol–water partition coefficient (Wildman–Crippen LogP) is 4.65. The number of nitrogens with one attached hydrogen (secondary N) is 2. The van der Waals surface area contributed by atoms with Gasteiger partial charge in [-0.1, -0.05) is 71.4 Å². The second kappa shape index (κ2) is 19.9. The summed E-state index contributed by atoms with van der Waals surface area (Å²) in [5.74, 6) is -1.52. The van der Waals surface area contributed by atoms with Gasteiger partial charge >= 0.3 is 11.9 Å². The molecule has 0 radical (unpaired) electrons. The molecule has 1 aromatic heterocycles. The first-order chi connectivity index (χ1) is 24.1. The van der Waals surface area contributed by atoms with Crippen molar-refractivity contribution in [2.24, 2.45) is 17.8 Å². The van der Waals surface area contributed by atoms with Crippen molar-refractivity contribution in [1.29, 1.82) is 0 Å². The van der Waals surface area contributed by atoms with Gasteiger partial charge in [-0.3, -0.25) is 28.9 Å². The van der Waals surface area contributed by atoms with Crippen LogP contribution in [0.25, 0.3) is 0 Å². The third kappa shape index (κ3) is 12.3. The maximum absolute atomic E-state index is 14.2. The zero-order chi connectivity index (χ0) is 37.8. The number of rotatable bonds is 18. The quantitative estimate of drug-likeness (QED) is 0.184. The Hall–Kier alpha value is -3.49. The summed E-state index contributed by atoms with van der Waals surface area (Å²) in [4.78, 5) is 73.2. The highest BCUT2D eigenvalue weighted by molar-refractivity contribution is 7.99. The van der Waals surface area contributed by atoms with Gasteiger partial charge in [-0.05, 0) is 37.3 Å². The van der Waals surface area contributed by atoms with E-state index in [4.69, 9.17) is 4.74 Å². The number of thiazole rings is 1. The maximum atomic E-state index is 14.2. The van der Waals surface area contributed by atoms with Gasteiger partial charge in [-0.2, -0.15) is 11.8 Å². The molecule has 0 unspecified atom stereocenters. The Bertz CT molecular complexity index is 1470. The number of aromatic nitrogens is 1. The van der Waals surface area contributed by atoms with Crippen LogP contribution < -0.4 is 10.6 Å². The van der Waals surface area contributed by atoms with Crippen LogP contribution >= 0.6 is 23.1 Å². The molecule has 0 saturated carbocycles. The fraction of sp³-hybridized carbons (Fsp3) is 0.622. The standard InChI is InChI=1S/C37H55N5O7S2/c1-9-23(4)32(40-34(45)30-21-50-16-15-41(30)7)36(46)42(8)29(22(2)3)19-31(49-25(6)43)35-39-28(20-51-35)33(44)38-27(17-24(5)37(47)48)18-26-13-11-10-12-14-26/h10-14,20,22-24,27,29-32H,9,15-19,21H2,1-8H3,(H,38,44)(H,40,45)(H,47,48)/t23-,24-,27+,29+,30+,31+,32-/m0/s1. The van der Waals surface area contributed by atoms with Gasteiger partial charge < -0.3 is 25.4 Å². The SMILES string of the molecule is CC[C@H](C)[C@H](NC(=O)[C@H]1CSCCN1C)C(=O)N(C)[C@H](C[C@@H](OC(C)=O)c1nc(C(=O)N[C@@H](Cc2ccccc2)C[C@H](C)C(=O)O)cs1)C(C)C. The van der Waals surface area contributed by atoms with Crippen LogP contribution in [0.3, 0.4) is 0 Å². The van der Waals surface area contributed by atoms with E-state index in [1.165, 1.54) is 18.3 Å². The van der Waals surface area contributed by atoms with Crippen LogP contribution in [0.4, 0.5) is 0 Å². The second-order valence-corrected chi connectivity index (χ2v) is 16.0. The number of thioether (sulfide) groups is 1. The van der Waals surface area contributed by atoms with E-state index in [-0.39, 0.29) is 48.2 Å². The molecule has 3 rings (SSSR count). The van der Waals surface area contributed by atoms with E-state index in [0.29, 0.717) is 23.6 Å². The molecule has 1 fully saturated rings. The van der Waals surface area contributed by atoms with Crippen LogP contribution in [0.15, 0.2) is 35.7 Å².